The molecule has 1 aliphatic rings. The fourth-order valence-electron chi connectivity index (χ4n) is 2.41. The van der Waals surface area contributed by atoms with Crippen molar-refractivity contribution in [3.05, 3.63) is 24.5 Å². The normalized spacial score (nSPS) is 15.4. The first-order valence-electron chi connectivity index (χ1n) is 7.05. The molecule has 20 heavy (non-hydrogen) atoms. The van der Waals surface area contributed by atoms with Gasteiger partial charge in [-0.15, -0.1) is 0 Å². The van der Waals surface area contributed by atoms with Gasteiger partial charge in [0.1, 0.15) is 11.3 Å². The zero-order valence-electron chi connectivity index (χ0n) is 11.6. The van der Waals surface area contributed by atoms with E-state index in [0.29, 0.717) is 12.5 Å². The molecular weight excluding hydrogens is 254 g/mol. The SMILES string of the molecule is CCCOc1cnc2c(N3CC(CO)C3)nccc2c1. The van der Waals surface area contributed by atoms with E-state index in [1.807, 2.05) is 12.1 Å². The lowest BCUT2D eigenvalue weighted by Gasteiger charge is -2.39. The van der Waals surface area contributed by atoms with Crippen LogP contribution >= 0.6 is 0 Å². The summed E-state index contributed by atoms with van der Waals surface area (Å²) in [5.74, 6) is 2.06. The van der Waals surface area contributed by atoms with Gasteiger partial charge in [0.2, 0.25) is 0 Å². The Hall–Kier alpha value is -1.88. The van der Waals surface area contributed by atoms with Gasteiger partial charge >= 0.3 is 0 Å². The van der Waals surface area contributed by atoms with Gasteiger partial charge in [0, 0.05) is 37.2 Å². The Balaban J connectivity index is 1.87. The highest BCUT2D eigenvalue weighted by Crippen LogP contribution is 2.29. The minimum Gasteiger partial charge on any atom is -0.492 e. The second-order valence-electron chi connectivity index (χ2n) is 5.18. The summed E-state index contributed by atoms with van der Waals surface area (Å²) in [6.45, 7) is 4.72. The molecule has 0 aliphatic carbocycles. The summed E-state index contributed by atoms with van der Waals surface area (Å²) in [5.41, 5.74) is 0.896. The highest BCUT2D eigenvalue weighted by molar-refractivity contribution is 5.89. The van der Waals surface area contributed by atoms with Crippen molar-refractivity contribution in [2.75, 3.05) is 31.2 Å². The summed E-state index contributed by atoms with van der Waals surface area (Å²) >= 11 is 0. The molecule has 0 aromatic carbocycles. The van der Waals surface area contributed by atoms with Crippen LogP contribution in [-0.2, 0) is 0 Å². The maximum absolute atomic E-state index is 9.10. The van der Waals surface area contributed by atoms with Crippen molar-refractivity contribution < 1.29 is 9.84 Å². The fraction of sp³-hybridized carbons (Fsp3) is 0.467. The number of hydrogen-bond acceptors (Lipinski definition) is 5. The molecular formula is C15H19N3O2. The van der Waals surface area contributed by atoms with Crippen molar-refractivity contribution in [1.29, 1.82) is 0 Å². The third kappa shape index (κ3) is 2.41. The van der Waals surface area contributed by atoms with E-state index >= 15 is 0 Å². The van der Waals surface area contributed by atoms with Gasteiger partial charge in [-0.2, -0.15) is 0 Å². The first-order valence-corrected chi connectivity index (χ1v) is 7.05. The van der Waals surface area contributed by atoms with Gasteiger partial charge < -0.3 is 14.7 Å². The number of aliphatic hydroxyl groups is 1. The molecule has 106 valence electrons. The average molecular weight is 273 g/mol. The number of fused-ring (bicyclic) bond motifs is 1. The van der Waals surface area contributed by atoms with Crippen LogP contribution in [0.25, 0.3) is 10.9 Å². The summed E-state index contributed by atoms with van der Waals surface area (Å²) in [5, 5.41) is 10.1. The first kappa shape index (κ1) is 13.1. The lowest BCUT2D eigenvalue weighted by molar-refractivity contribution is 0.200. The molecule has 0 saturated carbocycles. The van der Waals surface area contributed by atoms with E-state index in [1.165, 1.54) is 0 Å². The van der Waals surface area contributed by atoms with E-state index in [4.69, 9.17) is 9.84 Å². The van der Waals surface area contributed by atoms with E-state index < -0.39 is 0 Å². The number of aliphatic hydroxyl groups excluding tert-OH is 1. The maximum Gasteiger partial charge on any atom is 0.155 e. The lowest BCUT2D eigenvalue weighted by Crippen LogP contribution is -2.48. The highest BCUT2D eigenvalue weighted by atomic mass is 16.5. The molecule has 0 radical (unpaired) electrons. The number of rotatable bonds is 5. The van der Waals surface area contributed by atoms with Gasteiger partial charge in [0.05, 0.1) is 12.8 Å². The highest BCUT2D eigenvalue weighted by Gasteiger charge is 2.28. The van der Waals surface area contributed by atoms with E-state index in [2.05, 4.69) is 21.8 Å². The molecule has 1 fully saturated rings. The van der Waals surface area contributed by atoms with Crippen molar-refractivity contribution in [3.63, 3.8) is 0 Å². The Morgan fingerprint density at radius 1 is 1.40 bits per heavy atom. The van der Waals surface area contributed by atoms with Crippen LogP contribution in [0.1, 0.15) is 13.3 Å². The van der Waals surface area contributed by atoms with Crippen LogP contribution in [0.5, 0.6) is 5.75 Å². The molecule has 0 atom stereocenters. The van der Waals surface area contributed by atoms with Gasteiger partial charge in [-0.05, 0) is 18.6 Å². The van der Waals surface area contributed by atoms with Crippen LogP contribution in [-0.4, -0.2) is 41.4 Å². The Bertz CT molecular complexity index is 597. The van der Waals surface area contributed by atoms with Gasteiger partial charge in [-0.1, -0.05) is 6.92 Å². The minimum absolute atomic E-state index is 0.240. The van der Waals surface area contributed by atoms with Gasteiger partial charge in [-0.25, -0.2) is 9.97 Å². The molecule has 5 nitrogen and oxygen atoms in total. The molecule has 0 bridgehead atoms. The predicted octanol–water partition coefficient (Wildman–Crippen LogP) is 1.85. The van der Waals surface area contributed by atoms with Crippen molar-refractivity contribution >= 4 is 16.7 Å². The molecule has 5 heteroatoms. The second-order valence-corrected chi connectivity index (χ2v) is 5.18. The molecule has 0 unspecified atom stereocenters. The zero-order valence-corrected chi connectivity index (χ0v) is 11.6. The number of hydrogen-bond donors (Lipinski definition) is 1. The molecule has 3 rings (SSSR count). The van der Waals surface area contributed by atoms with E-state index in [1.54, 1.807) is 12.4 Å². The van der Waals surface area contributed by atoms with Crippen molar-refractivity contribution in [2.45, 2.75) is 13.3 Å². The summed E-state index contributed by atoms with van der Waals surface area (Å²) in [6.07, 6.45) is 4.54. The molecule has 2 aromatic heterocycles. The van der Waals surface area contributed by atoms with E-state index in [0.717, 1.165) is 42.0 Å². The summed E-state index contributed by atoms with van der Waals surface area (Å²) in [4.78, 5) is 11.1. The van der Waals surface area contributed by atoms with Crippen LogP contribution in [0.15, 0.2) is 24.5 Å². The largest absolute Gasteiger partial charge is 0.492 e. The van der Waals surface area contributed by atoms with Gasteiger partial charge in [0.25, 0.3) is 0 Å². The predicted molar refractivity (Wildman–Crippen MR) is 78.1 cm³/mol. The molecule has 1 saturated heterocycles. The van der Waals surface area contributed by atoms with Crippen LogP contribution in [0, 0.1) is 5.92 Å². The zero-order chi connectivity index (χ0) is 13.9. The minimum atomic E-state index is 0.240. The molecule has 1 aliphatic heterocycles. The molecule has 2 aromatic rings. The number of pyridine rings is 2. The molecule has 3 heterocycles. The Morgan fingerprint density at radius 2 is 2.25 bits per heavy atom. The molecule has 1 N–H and O–H groups in total. The van der Waals surface area contributed by atoms with Gasteiger partial charge in [0.15, 0.2) is 5.82 Å². The topological polar surface area (TPSA) is 58.5 Å². The van der Waals surface area contributed by atoms with Crippen LogP contribution in [0.3, 0.4) is 0 Å². The van der Waals surface area contributed by atoms with Gasteiger partial charge in [-0.3, -0.25) is 0 Å². The van der Waals surface area contributed by atoms with E-state index in [-0.39, 0.29) is 6.61 Å². The quantitative estimate of drug-likeness (QED) is 0.901. The Labute approximate surface area is 118 Å². The molecule has 0 spiro atoms. The number of anilines is 1. The number of aromatic nitrogens is 2. The lowest BCUT2D eigenvalue weighted by atomic mass is 10.0. The van der Waals surface area contributed by atoms with E-state index in [9.17, 15) is 0 Å². The standard InChI is InChI=1S/C15H19N3O2/c1-2-5-20-13-6-12-3-4-16-15(14(12)17-7-13)18-8-11(9-18)10-19/h3-4,6-7,11,19H,2,5,8-10H2,1H3. The average Bonchev–Trinajstić information content (AvgIpc) is 2.44. The van der Waals surface area contributed by atoms with Crippen LogP contribution in [0.2, 0.25) is 0 Å². The summed E-state index contributed by atoms with van der Waals surface area (Å²) < 4.78 is 5.61. The van der Waals surface area contributed by atoms with Crippen LogP contribution in [0.4, 0.5) is 5.82 Å². The maximum atomic E-state index is 9.10. The smallest absolute Gasteiger partial charge is 0.155 e. The van der Waals surface area contributed by atoms with Crippen molar-refractivity contribution in [3.8, 4) is 5.75 Å². The van der Waals surface area contributed by atoms with Crippen molar-refractivity contribution in [2.24, 2.45) is 5.92 Å². The third-order valence-electron chi connectivity index (χ3n) is 3.54. The first-order chi connectivity index (χ1) is 9.81. The fourth-order valence-corrected chi connectivity index (χ4v) is 2.41. The second kappa shape index (κ2) is 5.63. The number of ether oxygens (including phenoxy) is 1. The Morgan fingerprint density at radius 3 is 3.00 bits per heavy atom. The molecule has 0 amide bonds. The number of nitrogens with zero attached hydrogens (tertiary/aromatic N) is 3. The summed E-state index contributed by atoms with van der Waals surface area (Å²) in [6, 6.07) is 3.96. The summed E-state index contributed by atoms with van der Waals surface area (Å²) in [7, 11) is 0. The third-order valence-corrected chi connectivity index (χ3v) is 3.54. The van der Waals surface area contributed by atoms with Crippen molar-refractivity contribution in [1.82, 2.24) is 9.97 Å². The van der Waals surface area contributed by atoms with Crippen LogP contribution < -0.4 is 9.64 Å². The Kier molecular flexibility index (Phi) is 3.69. The monoisotopic (exact) mass is 273 g/mol.